The van der Waals surface area contributed by atoms with Crippen LogP contribution in [0.2, 0.25) is 0 Å². The van der Waals surface area contributed by atoms with Crippen molar-refractivity contribution in [3.63, 3.8) is 0 Å². The van der Waals surface area contributed by atoms with Crippen LogP contribution in [0.4, 0.5) is 0 Å². The molecule has 1 aromatic heterocycles. The Kier molecular flexibility index (Phi) is 8.03. The van der Waals surface area contributed by atoms with Gasteiger partial charge < -0.3 is 11.1 Å². The number of rotatable bonds is 6. The molecular weight excluding hydrogens is 368 g/mol. The zero-order valence-electron chi connectivity index (χ0n) is 15.1. The number of nitrogens with one attached hydrogen (secondary N) is 1. The smallest absolute Gasteiger partial charge is 0.224 e. The molecular formula is C19H27ClN4OS. The molecule has 5 nitrogen and oxygen atoms in total. The van der Waals surface area contributed by atoms with E-state index in [-0.39, 0.29) is 24.2 Å². The fourth-order valence-corrected chi connectivity index (χ4v) is 4.01. The van der Waals surface area contributed by atoms with Gasteiger partial charge in [-0.05, 0) is 26.3 Å². The van der Waals surface area contributed by atoms with Crippen molar-refractivity contribution in [2.75, 3.05) is 26.2 Å². The predicted molar refractivity (Wildman–Crippen MR) is 110 cm³/mol. The van der Waals surface area contributed by atoms with Gasteiger partial charge in [-0.1, -0.05) is 29.8 Å². The molecule has 0 spiro atoms. The molecule has 142 valence electrons. The molecule has 1 aromatic carbocycles. The Labute approximate surface area is 165 Å². The van der Waals surface area contributed by atoms with Crippen molar-refractivity contribution in [2.45, 2.75) is 26.3 Å². The Morgan fingerprint density at radius 2 is 2.15 bits per heavy atom. The summed E-state index contributed by atoms with van der Waals surface area (Å²) in [6.07, 6.45) is 2.01. The quantitative estimate of drug-likeness (QED) is 0.790. The van der Waals surface area contributed by atoms with Gasteiger partial charge in [-0.2, -0.15) is 0 Å². The lowest BCUT2D eigenvalue weighted by Crippen LogP contribution is -2.43. The summed E-state index contributed by atoms with van der Waals surface area (Å²) in [6.45, 7) is 5.77. The number of piperidine rings is 1. The zero-order chi connectivity index (χ0) is 17.6. The molecule has 26 heavy (non-hydrogen) atoms. The van der Waals surface area contributed by atoms with Gasteiger partial charge in [0.2, 0.25) is 5.91 Å². The van der Waals surface area contributed by atoms with Crippen molar-refractivity contribution in [3.8, 4) is 10.6 Å². The number of likely N-dealkylation sites (tertiary alicyclic amines) is 1. The lowest BCUT2D eigenvalue weighted by atomic mass is 9.97. The molecule has 2 aromatic rings. The molecule has 0 aliphatic carbocycles. The summed E-state index contributed by atoms with van der Waals surface area (Å²) in [5.74, 6) is 0.198. The normalized spacial score (nSPS) is 17.5. The van der Waals surface area contributed by atoms with E-state index in [1.54, 1.807) is 11.3 Å². The van der Waals surface area contributed by atoms with E-state index in [9.17, 15) is 4.79 Å². The molecule has 1 unspecified atom stereocenters. The van der Waals surface area contributed by atoms with E-state index in [0.717, 1.165) is 43.2 Å². The Hall–Kier alpha value is -1.47. The highest BCUT2D eigenvalue weighted by molar-refractivity contribution is 7.13. The molecule has 1 amide bonds. The molecule has 3 rings (SSSR count). The first-order chi connectivity index (χ1) is 12.2. The zero-order valence-corrected chi connectivity index (χ0v) is 16.7. The van der Waals surface area contributed by atoms with Crippen molar-refractivity contribution in [1.29, 1.82) is 0 Å². The fourth-order valence-electron chi connectivity index (χ4n) is 3.19. The van der Waals surface area contributed by atoms with Crippen LogP contribution in [0.25, 0.3) is 10.6 Å². The topological polar surface area (TPSA) is 71.2 Å². The largest absolute Gasteiger partial charge is 0.355 e. The van der Waals surface area contributed by atoms with E-state index in [0.29, 0.717) is 13.1 Å². The first-order valence-corrected chi connectivity index (χ1v) is 9.75. The minimum atomic E-state index is 0. The van der Waals surface area contributed by atoms with Crippen LogP contribution < -0.4 is 11.1 Å². The standard InChI is InChI=1S/C19H26N4OS.ClH/c1-14-4-6-15(7-5-14)19-22-17(13-25-19)12-23-10-2-3-16(11-23)18(24)21-9-8-20;/h4-7,13,16H,2-3,8-12,20H2,1H3,(H,21,24);1H. The lowest BCUT2D eigenvalue weighted by Gasteiger charge is -2.31. The molecule has 1 aliphatic heterocycles. The summed E-state index contributed by atoms with van der Waals surface area (Å²) in [6, 6.07) is 8.48. The number of halogens is 1. The third kappa shape index (κ3) is 5.51. The number of aryl methyl sites for hydroxylation is 1. The van der Waals surface area contributed by atoms with E-state index in [1.165, 1.54) is 11.1 Å². The molecule has 1 atom stereocenters. The van der Waals surface area contributed by atoms with E-state index >= 15 is 0 Å². The first kappa shape index (κ1) is 20.8. The van der Waals surface area contributed by atoms with Crippen LogP contribution >= 0.6 is 23.7 Å². The third-order valence-electron chi connectivity index (χ3n) is 4.56. The maximum absolute atomic E-state index is 12.2. The van der Waals surface area contributed by atoms with Crippen molar-refractivity contribution in [1.82, 2.24) is 15.2 Å². The number of nitrogens with two attached hydrogens (primary N) is 1. The highest BCUT2D eigenvalue weighted by Gasteiger charge is 2.25. The lowest BCUT2D eigenvalue weighted by molar-refractivity contribution is -0.126. The Bertz CT molecular complexity index is 704. The maximum Gasteiger partial charge on any atom is 0.224 e. The molecule has 0 radical (unpaired) electrons. The number of hydrogen-bond donors (Lipinski definition) is 2. The molecule has 3 N–H and O–H groups in total. The number of nitrogens with zero attached hydrogens (tertiary/aromatic N) is 2. The SMILES string of the molecule is Cc1ccc(-c2nc(CN3CCCC(C(=O)NCCN)C3)cs2)cc1.Cl. The van der Waals surface area contributed by atoms with Crippen molar-refractivity contribution >= 4 is 29.7 Å². The second kappa shape index (κ2) is 10.0. The van der Waals surface area contributed by atoms with E-state index in [2.05, 4.69) is 46.8 Å². The van der Waals surface area contributed by atoms with E-state index in [4.69, 9.17) is 10.7 Å². The summed E-state index contributed by atoms with van der Waals surface area (Å²) in [5.41, 5.74) is 8.97. The fraction of sp³-hybridized carbons (Fsp3) is 0.474. The number of amides is 1. The van der Waals surface area contributed by atoms with Crippen molar-refractivity contribution in [3.05, 3.63) is 40.9 Å². The van der Waals surface area contributed by atoms with E-state index in [1.807, 2.05) is 0 Å². The number of thiazole rings is 1. The Morgan fingerprint density at radius 3 is 2.88 bits per heavy atom. The minimum Gasteiger partial charge on any atom is -0.355 e. The van der Waals surface area contributed by atoms with E-state index < -0.39 is 0 Å². The summed E-state index contributed by atoms with van der Waals surface area (Å²) in [5, 5.41) is 6.10. The molecule has 0 bridgehead atoms. The highest BCUT2D eigenvalue weighted by atomic mass is 35.5. The molecule has 0 saturated carbocycles. The number of aromatic nitrogens is 1. The Balaban J connectivity index is 0.00000243. The molecule has 1 aliphatic rings. The third-order valence-corrected chi connectivity index (χ3v) is 5.50. The number of hydrogen-bond acceptors (Lipinski definition) is 5. The van der Waals surface area contributed by atoms with Gasteiger partial charge in [-0.25, -0.2) is 4.98 Å². The monoisotopic (exact) mass is 394 g/mol. The van der Waals surface area contributed by atoms with Gasteiger partial charge in [0, 0.05) is 37.1 Å². The van der Waals surface area contributed by atoms with Gasteiger partial charge in [-0.15, -0.1) is 23.7 Å². The summed E-state index contributed by atoms with van der Waals surface area (Å²) < 4.78 is 0. The second-order valence-electron chi connectivity index (χ2n) is 6.66. The second-order valence-corrected chi connectivity index (χ2v) is 7.52. The summed E-state index contributed by atoms with van der Waals surface area (Å²) >= 11 is 1.68. The van der Waals surface area contributed by atoms with Gasteiger partial charge in [0.05, 0.1) is 11.6 Å². The molecule has 1 saturated heterocycles. The first-order valence-electron chi connectivity index (χ1n) is 8.87. The maximum atomic E-state index is 12.2. The molecule has 2 heterocycles. The number of carbonyl (C=O) groups excluding carboxylic acids is 1. The van der Waals surface area contributed by atoms with Crippen LogP contribution in [-0.2, 0) is 11.3 Å². The van der Waals surface area contributed by atoms with Crippen LogP contribution in [0.1, 0.15) is 24.1 Å². The molecule has 7 heteroatoms. The average molecular weight is 395 g/mol. The van der Waals surface area contributed by atoms with Crippen LogP contribution in [0.15, 0.2) is 29.6 Å². The van der Waals surface area contributed by atoms with Crippen LogP contribution in [0.3, 0.4) is 0 Å². The van der Waals surface area contributed by atoms with Gasteiger partial charge in [0.25, 0.3) is 0 Å². The Morgan fingerprint density at radius 1 is 1.38 bits per heavy atom. The number of benzene rings is 1. The van der Waals surface area contributed by atoms with Crippen LogP contribution in [0.5, 0.6) is 0 Å². The average Bonchev–Trinajstić information content (AvgIpc) is 3.09. The predicted octanol–water partition coefficient (Wildman–Crippen LogP) is 2.83. The van der Waals surface area contributed by atoms with Crippen molar-refractivity contribution < 1.29 is 4.79 Å². The summed E-state index contributed by atoms with van der Waals surface area (Å²) in [7, 11) is 0. The minimum absolute atomic E-state index is 0. The molecule has 1 fully saturated rings. The van der Waals surface area contributed by atoms with Crippen LogP contribution in [0, 0.1) is 12.8 Å². The number of carbonyl (C=O) groups is 1. The van der Waals surface area contributed by atoms with Gasteiger partial charge in [0.1, 0.15) is 5.01 Å². The van der Waals surface area contributed by atoms with Crippen molar-refractivity contribution in [2.24, 2.45) is 11.7 Å². The summed E-state index contributed by atoms with van der Waals surface area (Å²) in [4.78, 5) is 19.3. The highest BCUT2D eigenvalue weighted by Crippen LogP contribution is 2.25. The van der Waals surface area contributed by atoms with Gasteiger partial charge >= 0.3 is 0 Å². The van der Waals surface area contributed by atoms with Gasteiger partial charge in [0.15, 0.2) is 0 Å². The van der Waals surface area contributed by atoms with Gasteiger partial charge in [-0.3, -0.25) is 9.69 Å². The van der Waals surface area contributed by atoms with Crippen LogP contribution in [-0.4, -0.2) is 42.0 Å².